The van der Waals surface area contributed by atoms with Gasteiger partial charge >= 0.3 is 0 Å². The van der Waals surface area contributed by atoms with Crippen LogP contribution < -0.4 is 0 Å². The summed E-state index contributed by atoms with van der Waals surface area (Å²) in [6.45, 7) is 6.09. The molecule has 2 heteroatoms. The lowest BCUT2D eigenvalue weighted by Crippen LogP contribution is -2.47. The highest BCUT2D eigenvalue weighted by Gasteiger charge is 2.41. The Bertz CT molecular complexity index is 247. The van der Waals surface area contributed by atoms with Crippen LogP contribution in [0.1, 0.15) is 64.7 Å². The molecule has 2 fully saturated rings. The molecule has 17 heavy (non-hydrogen) atoms. The van der Waals surface area contributed by atoms with Crippen molar-refractivity contribution in [2.24, 2.45) is 0 Å². The number of rotatable bonds is 4. The van der Waals surface area contributed by atoms with Crippen LogP contribution in [0.2, 0.25) is 0 Å². The minimum Gasteiger partial charge on any atom is -0.347 e. The molecule has 2 heterocycles. The summed E-state index contributed by atoms with van der Waals surface area (Å²) in [5.74, 6) is -0.270. The highest BCUT2D eigenvalue weighted by molar-refractivity contribution is 4.90. The summed E-state index contributed by atoms with van der Waals surface area (Å²) in [6.07, 6.45) is 13.2. The van der Waals surface area contributed by atoms with Gasteiger partial charge in [0.2, 0.25) is 0 Å². The van der Waals surface area contributed by atoms with Crippen molar-refractivity contribution in [2.45, 2.75) is 82.7 Å². The van der Waals surface area contributed by atoms with E-state index in [4.69, 9.17) is 9.47 Å². The Balaban J connectivity index is 1.92. The van der Waals surface area contributed by atoms with Crippen molar-refractivity contribution in [2.75, 3.05) is 0 Å². The van der Waals surface area contributed by atoms with Crippen molar-refractivity contribution in [1.82, 2.24) is 0 Å². The standard InChI is InChI=1S/C15H26O2/c1-3-5-8-14-10-7-12-15(17-14)11-6-9-13(4-2)16-15/h4,13-14H,2-3,5-12H2,1H3/t13-,14-,15+/m1/s1. The maximum absolute atomic E-state index is 6.28. The summed E-state index contributed by atoms with van der Waals surface area (Å²) >= 11 is 0. The Kier molecular flexibility index (Phi) is 4.63. The minimum atomic E-state index is -0.270. The van der Waals surface area contributed by atoms with E-state index in [-0.39, 0.29) is 11.9 Å². The fourth-order valence-corrected chi connectivity index (χ4v) is 3.06. The molecule has 2 aliphatic rings. The van der Waals surface area contributed by atoms with E-state index >= 15 is 0 Å². The molecule has 0 amide bonds. The smallest absolute Gasteiger partial charge is 0.169 e. The molecule has 2 rings (SSSR count). The normalized spacial score (nSPS) is 38.2. The van der Waals surface area contributed by atoms with Crippen LogP contribution in [0, 0.1) is 0 Å². The SMILES string of the molecule is C=C[C@@H]1CCC[C@]2(CCC[C@@H](CCCC)O2)O1. The zero-order valence-corrected chi connectivity index (χ0v) is 11.1. The molecule has 0 aliphatic carbocycles. The van der Waals surface area contributed by atoms with Gasteiger partial charge in [0.05, 0.1) is 12.2 Å². The third kappa shape index (κ3) is 3.32. The zero-order valence-electron chi connectivity index (χ0n) is 11.1. The maximum Gasteiger partial charge on any atom is 0.169 e. The molecule has 0 saturated carbocycles. The molecule has 2 saturated heterocycles. The van der Waals surface area contributed by atoms with Crippen LogP contribution in [0.3, 0.4) is 0 Å². The number of ether oxygens (including phenoxy) is 2. The molecule has 0 bridgehead atoms. The van der Waals surface area contributed by atoms with Crippen LogP contribution in [0.15, 0.2) is 12.7 Å². The van der Waals surface area contributed by atoms with Crippen LogP contribution in [-0.4, -0.2) is 18.0 Å². The first-order valence-corrected chi connectivity index (χ1v) is 7.26. The molecule has 0 aromatic carbocycles. The van der Waals surface area contributed by atoms with E-state index in [1.165, 1.54) is 38.5 Å². The van der Waals surface area contributed by atoms with Gasteiger partial charge in [-0.15, -0.1) is 6.58 Å². The van der Waals surface area contributed by atoms with Gasteiger partial charge in [-0.3, -0.25) is 0 Å². The van der Waals surface area contributed by atoms with E-state index in [1.54, 1.807) is 0 Å². The van der Waals surface area contributed by atoms with Crippen LogP contribution >= 0.6 is 0 Å². The lowest BCUT2D eigenvalue weighted by Gasteiger charge is -2.45. The van der Waals surface area contributed by atoms with Gasteiger partial charge in [-0.05, 0) is 32.1 Å². The van der Waals surface area contributed by atoms with Crippen molar-refractivity contribution >= 4 is 0 Å². The quantitative estimate of drug-likeness (QED) is 0.683. The fourth-order valence-electron chi connectivity index (χ4n) is 3.06. The molecule has 2 aliphatic heterocycles. The van der Waals surface area contributed by atoms with Gasteiger partial charge in [0, 0.05) is 12.8 Å². The summed E-state index contributed by atoms with van der Waals surface area (Å²) in [4.78, 5) is 0. The van der Waals surface area contributed by atoms with Gasteiger partial charge in [0.15, 0.2) is 5.79 Å². The van der Waals surface area contributed by atoms with E-state index in [2.05, 4.69) is 13.5 Å². The van der Waals surface area contributed by atoms with Crippen molar-refractivity contribution in [3.8, 4) is 0 Å². The van der Waals surface area contributed by atoms with Gasteiger partial charge in [0.25, 0.3) is 0 Å². The average Bonchev–Trinajstić information content (AvgIpc) is 2.36. The Labute approximate surface area is 105 Å². The van der Waals surface area contributed by atoms with Crippen LogP contribution in [-0.2, 0) is 9.47 Å². The third-order valence-corrected chi connectivity index (χ3v) is 4.02. The molecule has 0 aromatic heterocycles. The average molecular weight is 238 g/mol. The van der Waals surface area contributed by atoms with E-state index in [9.17, 15) is 0 Å². The van der Waals surface area contributed by atoms with Crippen LogP contribution in [0.25, 0.3) is 0 Å². The van der Waals surface area contributed by atoms with Gasteiger partial charge in [-0.25, -0.2) is 0 Å². The Morgan fingerprint density at radius 2 is 2.00 bits per heavy atom. The summed E-state index contributed by atoms with van der Waals surface area (Å²) in [6, 6.07) is 0. The van der Waals surface area contributed by atoms with Crippen LogP contribution in [0.5, 0.6) is 0 Å². The van der Waals surface area contributed by atoms with E-state index < -0.39 is 0 Å². The second-order valence-electron chi connectivity index (χ2n) is 5.47. The number of hydrogen-bond donors (Lipinski definition) is 0. The minimum absolute atomic E-state index is 0.202. The summed E-state index contributed by atoms with van der Waals surface area (Å²) in [5.41, 5.74) is 0. The molecule has 2 nitrogen and oxygen atoms in total. The lowest BCUT2D eigenvalue weighted by atomic mass is 9.91. The Morgan fingerprint density at radius 1 is 1.24 bits per heavy atom. The van der Waals surface area contributed by atoms with Crippen molar-refractivity contribution in [3.05, 3.63) is 12.7 Å². The fraction of sp³-hybridized carbons (Fsp3) is 0.867. The third-order valence-electron chi connectivity index (χ3n) is 4.02. The second-order valence-corrected chi connectivity index (χ2v) is 5.47. The molecule has 3 atom stereocenters. The Hall–Kier alpha value is -0.340. The largest absolute Gasteiger partial charge is 0.347 e. The highest BCUT2D eigenvalue weighted by atomic mass is 16.7. The molecule has 0 aromatic rings. The second kappa shape index (κ2) is 6.01. The molecular weight excluding hydrogens is 212 g/mol. The van der Waals surface area contributed by atoms with E-state index in [1.807, 2.05) is 6.08 Å². The molecular formula is C15H26O2. The first kappa shape index (κ1) is 13.1. The molecule has 98 valence electrons. The molecule has 0 N–H and O–H groups in total. The zero-order chi connectivity index (χ0) is 12.1. The van der Waals surface area contributed by atoms with Crippen molar-refractivity contribution < 1.29 is 9.47 Å². The summed E-state index contributed by atoms with van der Waals surface area (Å²) in [7, 11) is 0. The monoisotopic (exact) mass is 238 g/mol. The highest BCUT2D eigenvalue weighted by Crippen LogP contribution is 2.40. The van der Waals surface area contributed by atoms with Gasteiger partial charge < -0.3 is 9.47 Å². The number of hydrogen-bond acceptors (Lipinski definition) is 2. The van der Waals surface area contributed by atoms with Crippen LogP contribution in [0.4, 0.5) is 0 Å². The van der Waals surface area contributed by atoms with Gasteiger partial charge in [0.1, 0.15) is 0 Å². The first-order chi connectivity index (χ1) is 8.28. The lowest BCUT2D eigenvalue weighted by molar-refractivity contribution is -0.308. The summed E-state index contributed by atoms with van der Waals surface area (Å²) in [5, 5.41) is 0. The molecule has 0 radical (unpaired) electrons. The predicted octanol–water partition coefficient (Wildman–Crippen LogP) is 4.20. The predicted molar refractivity (Wildman–Crippen MR) is 69.9 cm³/mol. The van der Waals surface area contributed by atoms with E-state index in [0.717, 1.165) is 19.3 Å². The van der Waals surface area contributed by atoms with E-state index in [0.29, 0.717) is 6.10 Å². The van der Waals surface area contributed by atoms with Gasteiger partial charge in [-0.1, -0.05) is 25.8 Å². The Morgan fingerprint density at radius 3 is 2.71 bits per heavy atom. The first-order valence-electron chi connectivity index (χ1n) is 7.26. The number of unbranched alkanes of at least 4 members (excludes halogenated alkanes) is 1. The van der Waals surface area contributed by atoms with Crippen molar-refractivity contribution in [3.63, 3.8) is 0 Å². The van der Waals surface area contributed by atoms with Crippen molar-refractivity contribution in [1.29, 1.82) is 0 Å². The summed E-state index contributed by atoms with van der Waals surface area (Å²) < 4.78 is 12.4. The van der Waals surface area contributed by atoms with Gasteiger partial charge in [-0.2, -0.15) is 0 Å². The maximum atomic E-state index is 6.28. The topological polar surface area (TPSA) is 18.5 Å². The molecule has 0 unspecified atom stereocenters. The molecule has 1 spiro atoms.